The summed E-state index contributed by atoms with van der Waals surface area (Å²) in [6.07, 6.45) is 4.96. The Balaban J connectivity index is 2.67. The summed E-state index contributed by atoms with van der Waals surface area (Å²) in [5, 5.41) is 4.54. The van der Waals surface area contributed by atoms with Crippen LogP contribution in [0, 0.1) is 0 Å². The minimum Gasteiger partial charge on any atom is -0.268 e. The molecule has 4 heteroatoms. The van der Waals surface area contributed by atoms with Gasteiger partial charge in [0.1, 0.15) is 0 Å². The first kappa shape index (κ1) is 12.1. The van der Waals surface area contributed by atoms with Gasteiger partial charge in [-0.2, -0.15) is 5.10 Å². The first-order chi connectivity index (χ1) is 6.65. The van der Waals surface area contributed by atoms with Crippen LogP contribution in [0.4, 0.5) is 0 Å². The summed E-state index contributed by atoms with van der Waals surface area (Å²) >= 11 is 9.44. The third kappa shape index (κ3) is 3.28. The molecule has 0 saturated heterocycles. The molecular weight excluding hydrogens is 263 g/mol. The van der Waals surface area contributed by atoms with Crippen molar-refractivity contribution in [2.45, 2.75) is 45.0 Å². The summed E-state index contributed by atoms with van der Waals surface area (Å²) in [5.74, 6) is 0. The van der Waals surface area contributed by atoms with E-state index in [1.165, 1.54) is 5.69 Å². The van der Waals surface area contributed by atoms with Gasteiger partial charge in [0.05, 0.1) is 16.4 Å². The van der Waals surface area contributed by atoms with Crippen LogP contribution in [-0.2, 0) is 13.0 Å². The molecule has 0 aliphatic carbocycles. The molecule has 0 spiro atoms. The van der Waals surface area contributed by atoms with E-state index in [4.69, 9.17) is 11.6 Å². The van der Waals surface area contributed by atoms with Crippen molar-refractivity contribution in [1.82, 2.24) is 9.78 Å². The van der Waals surface area contributed by atoms with Crippen LogP contribution in [0.5, 0.6) is 0 Å². The normalized spacial score (nSPS) is 13.1. The van der Waals surface area contributed by atoms with Gasteiger partial charge >= 0.3 is 0 Å². The Morgan fingerprint density at radius 3 is 2.93 bits per heavy atom. The molecule has 0 amide bonds. The van der Waals surface area contributed by atoms with E-state index in [-0.39, 0.29) is 5.38 Å². The van der Waals surface area contributed by atoms with Crippen LogP contribution in [0.3, 0.4) is 0 Å². The maximum Gasteiger partial charge on any atom is 0.0635 e. The highest BCUT2D eigenvalue weighted by Gasteiger charge is 2.08. The van der Waals surface area contributed by atoms with Crippen molar-refractivity contribution in [1.29, 1.82) is 0 Å². The lowest BCUT2D eigenvalue weighted by Gasteiger charge is -2.07. The molecule has 0 saturated carbocycles. The van der Waals surface area contributed by atoms with E-state index in [2.05, 4.69) is 32.6 Å². The Bertz CT molecular complexity index is 284. The van der Waals surface area contributed by atoms with Crippen LogP contribution in [0.2, 0.25) is 0 Å². The van der Waals surface area contributed by atoms with Gasteiger partial charge in [-0.1, -0.05) is 6.92 Å². The zero-order valence-corrected chi connectivity index (χ0v) is 11.0. The molecule has 1 heterocycles. The highest BCUT2D eigenvalue weighted by molar-refractivity contribution is 9.10. The maximum absolute atomic E-state index is 5.93. The second-order valence-corrected chi connectivity index (χ2v) is 5.08. The molecule has 0 aliphatic rings. The van der Waals surface area contributed by atoms with Gasteiger partial charge in [-0.15, -0.1) is 11.6 Å². The van der Waals surface area contributed by atoms with Crippen molar-refractivity contribution in [3.63, 3.8) is 0 Å². The van der Waals surface area contributed by atoms with Crippen LogP contribution in [0.25, 0.3) is 0 Å². The standard InChI is InChI=1S/C10H16BrClN2/c1-3-6-14-10(5-4-8(2)12)9(11)7-13-14/h7-8H,3-6H2,1-2H3. The third-order valence-electron chi connectivity index (χ3n) is 2.11. The molecule has 0 aliphatic heterocycles. The Morgan fingerprint density at radius 2 is 2.36 bits per heavy atom. The van der Waals surface area contributed by atoms with E-state index in [1.807, 2.05) is 13.1 Å². The molecule has 1 rings (SSSR count). The van der Waals surface area contributed by atoms with Crippen molar-refractivity contribution in [2.75, 3.05) is 0 Å². The van der Waals surface area contributed by atoms with Crippen LogP contribution in [0.15, 0.2) is 10.7 Å². The molecule has 14 heavy (non-hydrogen) atoms. The van der Waals surface area contributed by atoms with Gasteiger partial charge in [0.2, 0.25) is 0 Å². The zero-order valence-electron chi connectivity index (χ0n) is 8.63. The fourth-order valence-corrected chi connectivity index (χ4v) is 1.98. The lowest BCUT2D eigenvalue weighted by molar-refractivity contribution is 0.565. The van der Waals surface area contributed by atoms with E-state index in [0.717, 1.165) is 30.3 Å². The Hall–Kier alpha value is -0.0200. The lowest BCUT2D eigenvalue weighted by Crippen LogP contribution is -2.06. The average molecular weight is 280 g/mol. The van der Waals surface area contributed by atoms with Crippen molar-refractivity contribution in [3.8, 4) is 0 Å². The molecule has 2 nitrogen and oxygen atoms in total. The average Bonchev–Trinajstić information content (AvgIpc) is 2.45. The molecule has 1 unspecified atom stereocenters. The topological polar surface area (TPSA) is 17.8 Å². The quantitative estimate of drug-likeness (QED) is 0.753. The predicted molar refractivity (Wildman–Crippen MR) is 63.9 cm³/mol. The van der Waals surface area contributed by atoms with Crippen molar-refractivity contribution >= 4 is 27.5 Å². The van der Waals surface area contributed by atoms with E-state index >= 15 is 0 Å². The minimum atomic E-state index is 0.229. The first-order valence-corrected chi connectivity index (χ1v) is 6.22. The number of halogens is 2. The molecule has 0 fully saturated rings. The van der Waals surface area contributed by atoms with Gasteiger partial charge < -0.3 is 0 Å². The molecule has 80 valence electrons. The predicted octanol–water partition coefficient (Wildman–Crippen LogP) is 3.62. The van der Waals surface area contributed by atoms with Gasteiger partial charge in [-0.05, 0) is 42.1 Å². The molecular formula is C10H16BrClN2. The second-order valence-electron chi connectivity index (χ2n) is 3.48. The van der Waals surface area contributed by atoms with Gasteiger partial charge in [0.25, 0.3) is 0 Å². The first-order valence-electron chi connectivity index (χ1n) is 4.99. The molecule has 0 aromatic carbocycles. The monoisotopic (exact) mass is 278 g/mol. The summed E-state index contributed by atoms with van der Waals surface area (Å²) in [5.41, 5.74) is 1.26. The number of nitrogens with zero attached hydrogens (tertiary/aromatic N) is 2. The third-order valence-corrected chi connectivity index (χ3v) is 2.99. The van der Waals surface area contributed by atoms with E-state index in [1.54, 1.807) is 0 Å². The lowest BCUT2D eigenvalue weighted by atomic mass is 10.2. The van der Waals surface area contributed by atoms with Crippen LogP contribution in [-0.4, -0.2) is 15.2 Å². The number of hydrogen-bond acceptors (Lipinski definition) is 1. The second kappa shape index (κ2) is 5.76. The van der Waals surface area contributed by atoms with Gasteiger partial charge in [-0.25, -0.2) is 0 Å². The van der Waals surface area contributed by atoms with Crippen LogP contribution >= 0.6 is 27.5 Å². The fourth-order valence-electron chi connectivity index (χ4n) is 1.38. The summed E-state index contributed by atoms with van der Waals surface area (Å²) in [7, 11) is 0. The summed E-state index contributed by atoms with van der Waals surface area (Å²) < 4.78 is 3.16. The Morgan fingerprint density at radius 1 is 1.64 bits per heavy atom. The molecule has 0 radical (unpaired) electrons. The van der Waals surface area contributed by atoms with E-state index in [0.29, 0.717) is 0 Å². The molecule has 0 bridgehead atoms. The summed E-state index contributed by atoms with van der Waals surface area (Å²) in [4.78, 5) is 0. The Kier molecular flexibility index (Phi) is 4.96. The van der Waals surface area contributed by atoms with Crippen molar-refractivity contribution in [3.05, 3.63) is 16.4 Å². The minimum absolute atomic E-state index is 0.229. The van der Waals surface area contributed by atoms with Crippen LogP contribution < -0.4 is 0 Å². The number of aryl methyl sites for hydroxylation is 1. The molecule has 1 aromatic heterocycles. The van der Waals surface area contributed by atoms with Crippen LogP contribution in [0.1, 0.15) is 32.4 Å². The van der Waals surface area contributed by atoms with Gasteiger partial charge in [-0.3, -0.25) is 4.68 Å². The van der Waals surface area contributed by atoms with Gasteiger partial charge in [0, 0.05) is 11.9 Å². The maximum atomic E-state index is 5.93. The number of hydrogen-bond donors (Lipinski definition) is 0. The summed E-state index contributed by atoms with van der Waals surface area (Å²) in [6, 6.07) is 0. The molecule has 1 atom stereocenters. The highest BCUT2D eigenvalue weighted by Crippen LogP contribution is 2.19. The SMILES string of the molecule is CCCn1ncc(Br)c1CCC(C)Cl. The zero-order chi connectivity index (χ0) is 10.6. The molecule has 0 N–H and O–H groups in total. The van der Waals surface area contributed by atoms with Crippen molar-refractivity contribution in [2.24, 2.45) is 0 Å². The number of aromatic nitrogens is 2. The van der Waals surface area contributed by atoms with Gasteiger partial charge in [0.15, 0.2) is 0 Å². The summed E-state index contributed by atoms with van der Waals surface area (Å²) in [6.45, 7) is 5.16. The fraction of sp³-hybridized carbons (Fsp3) is 0.700. The van der Waals surface area contributed by atoms with E-state index < -0.39 is 0 Å². The molecule has 1 aromatic rings. The van der Waals surface area contributed by atoms with E-state index in [9.17, 15) is 0 Å². The number of alkyl halides is 1. The Labute approximate surface area is 98.8 Å². The highest BCUT2D eigenvalue weighted by atomic mass is 79.9. The van der Waals surface area contributed by atoms with Crippen molar-refractivity contribution < 1.29 is 0 Å². The largest absolute Gasteiger partial charge is 0.268 e. The number of rotatable bonds is 5. The smallest absolute Gasteiger partial charge is 0.0635 e.